The summed E-state index contributed by atoms with van der Waals surface area (Å²) in [6.45, 7) is 0. The van der Waals surface area contributed by atoms with Crippen molar-refractivity contribution in [3.05, 3.63) is 66.5 Å². The number of carbonyl (C=O) groups excluding carboxylic acids is 1. The van der Waals surface area contributed by atoms with Gasteiger partial charge in [0.1, 0.15) is 10.8 Å². The lowest BCUT2D eigenvalue weighted by Crippen LogP contribution is -2.18. The van der Waals surface area contributed by atoms with Crippen molar-refractivity contribution >= 4 is 23.5 Å². The molecule has 1 aliphatic rings. The fourth-order valence-electron chi connectivity index (χ4n) is 3.28. The quantitative estimate of drug-likeness (QED) is 0.707. The molecule has 132 valence electrons. The number of nitrogens with one attached hydrogen (secondary N) is 1. The zero-order valence-corrected chi connectivity index (χ0v) is 15.2. The van der Waals surface area contributed by atoms with Crippen LogP contribution in [0.1, 0.15) is 42.1 Å². The maximum absolute atomic E-state index is 12.9. The van der Waals surface area contributed by atoms with Gasteiger partial charge in [0.25, 0.3) is 5.91 Å². The van der Waals surface area contributed by atoms with Crippen LogP contribution in [-0.4, -0.2) is 20.7 Å². The molecule has 5 nitrogen and oxygen atoms in total. The molecule has 1 N–H and O–H groups in total. The Labute approximate surface area is 156 Å². The van der Waals surface area contributed by atoms with Crippen LogP contribution in [0, 0.1) is 0 Å². The van der Waals surface area contributed by atoms with Gasteiger partial charge in [0.05, 0.1) is 17.8 Å². The van der Waals surface area contributed by atoms with Gasteiger partial charge in [-0.25, -0.2) is 9.67 Å². The lowest BCUT2D eigenvalue weighted by Gasteiger charge is -2.15. The van der Waals surface area contributed by atoms with Gasteiger partial charge in [-0.3, -0.25) is 4.79 Å². The molecule has 0 unspecified atom stereocenters. The van der Waals surface area contributed by atoms with E-state index in [1.165, 1.54) is 24.6 Å². The van der Waals surface area contributed by atoms with Crippen LogP contribution in [0.2, 0.25) is 0 Å². The van der Waals surface area contributed by atoms with Crippen LogP contribution in [0.25, 0.3) is 0 Å². The largest absolute Gasteiger partial charge is 0.307 e. The van der Waals surface area contributed by atoms with Crippen LogP contribution >= 0.6 is 11.8 Å². The molecule has 1 aromatic carbocycles. The average molecular weight is 364 g/mol. The molecule has 0 spiro atoms. The van der Waals surface area contributed by atoms with E-state index >= 15 is 0 Å². The minimum absolute atomic E-state index is 0.156. The minimum atomic E-state index is -0.156. The number of rotatable bonds is 5. The van der Waals surface area contributed by atoms with E-state index < -0.39 is 0 Å². The van der Waals surface area contributed by atoms with Crippen molar-refractivity contribution in [2.24, 2.45) is 0 Å². The lowest BCUT2D eigenvalue weighted by atomic mass is 10.2. The number of pyridine rings is 1. The van der Waals surface area contributed by atoms with Crippen molar-refractivity contribution in [2.45, 2.75) is 41.6 Å². The molecule has 1 aliphatic carbocycles. The van der Waals surface area contributed by atoms with Crippen molar-refractivity contribution in [2.75, 3.05) is 5.32 Å². The van der Waals surface area contributed by atoms with Gasteiger partial charge < -0.3 is 5.32 Å². The molecule has 26 heavy (non-hydrogen) atoms. The van der Waals surface area contributed by atoms with Gasteiger partial charge in [0, 0.05) is 17.2 Å². The molecule has 0 saturated heterocycles. The van der Waals surface area contributed by atoms with Crippen LogP contribution < -0.4 is 5.32 Å². The van der Waals surface area contributed by atoms with Crippen LogP contribution in [-0.2, 0) is 0 Å². The molecular formula is C20H20N4OS. The van der Waals surface area contributed by atoms with E-state index in [0.29, 0.717) is 16.6 Å². The molecule has 4 rings (SSSR count). The number of amides is 1. The van der Waals surface area contributed by atoms with Gasteiger partial charge in [-0.1, -0.05) is 42.8 Å². The van der Waals surface area contributed by atoms with E-state index in [1.807, 2.05) is 47.1 Å². The maximum Gasteiger partial charge on any atom is 0.259 e. The second kappa shape index (κ2) is 7.74. The first-order valence-corrected chi connectivity index (χ1v) is 9.66. The predicted octanol–water partition coefficient (Wildman–Crippen LogP) is 4.80. The number of benzene rings is 1. The first-order chi connectivity index (χ1) is 12.8. The van der Waals surface area contributed by atoms with E-state index in [4.69, 9.17) is 0 Å². The summed E-state index contributed by atoms with van der Waals surface area (Å²) in [4.78, 5) is 18.3. The number of aromatic nitrogens is 3. The number of nitrogens with zero attached hydrogens (tertiary/aromatic N) is 3. The second-order valence-electron chi connectivity index (χ2n) is 6.32. The van der Waals surface area contributed by atoms with Crippen molar-refractivity contribution in [1.82, 2.24) is 14.8 Å². The zero-order valence-electron chi connectivity index (χ0n) is 14.3. The summed E-state index contributed by atoms with van der Waals surface area (Å²) in [7, 11) is 0. The molecule has 0 atom stereocenters. The Morgan fingerprint density at radius 1 is 1.04 bits per heavy atom. The lowest BCUT2D eigenvalue weighted by molar-refractivity contribution is 0.102. The monoisotopic (exact) mass is 364 g/mol. The highest BCUT2D eigenvalue weighted by Crippen LogP contribution is 2.32. The molecule has 0 radical (unpaired) electrons. The van der Waals surface area contributed by atoms with E-state index in [0.717, 1.165) is 23.6 Å². The third-order valence-electron chi connectivity index (χ3n) is 4.56. The third kappa shape index (κ3) is 3.65. The molecule has 1 saturated carbocycles. The summed E-state index contributed by atoms with van der Waals surface area (Å²) in [5.74, 6) is 0.595. The van der Waals surface area contributed by atoms with Crippen LogP contribution in [0.4, 0.5) is 5.82 Å². The molecule has 1 fully saturated rings. The van der Waals surface area contributed by atoms with Gasteiger partial charge in [-0.05, 0) is 37.1 Å². The molecule has 2 heterocycles. The van der Waals surface area contributed by atoms with Crippen LogP contribution in [0.3, 0.4) is 0 Å². The molecule has 6 heteroatoms. The van der Waals surface area contributed by atoms with Gasteiger partial charge in [-0.15, -0.1) is 0 Å². The summed E-state index contributed by atoms with van der Waals surface area (Å²) < 4.78 is 1.95. The first-order valence-electron chi connectivity index (χ1n) is 8.84. The molecule has 0 bridgehead atoms. The van der Waals surface area contributed by atoms with E-state index in [2.05, 4.69) is 15.4 Å². The highest BCUT2D eigenvalue weighted by molar-refractivity contribution is 7.99. The average Bonchev–Trinajstić information content (AvgIpc) is 3.34. The fraction of sp³-hybridized carbons (Fsp3) is 0.250. The van der Waals surface area contributed by atoms with Crippen molar-refractivity contribution in [3.8, 4) is 0 Å². The maximum atomic E-state index is 12.9. The fourth-order valence-corrected chi connectivity index (χ4v) is 4.18. The SMILES string of the molecule is O=C(Nc1ccnn1C1CCCC1)c1cccnc1Sc1ccccc1. The van der Waals surface area contributed by atoms with Crippen molar-refractivity contribution in [1.29, 1.82) is 0 Å². The Balaban J connectivity index is 1.55. The molecule has 2 aromatic heterocycles. The topological polar surface area (TPSA) is 59.8 Å². The Morgan fingerprint density at radius 2 is 1.85 bits per heavy atom. The van der Waals surface area contributed by atoms with Crippen molar-refractivity contribution in [3.63, 3.8) is 0 Å². The number of hydrogen-bond donors (Lipinski definition) is 1. The highest BCUT2D eigenvalue weighted by Gasteiger charge is 2.21. The molecule has 1 amide bonds. The zero-order chi connectivity index (χ0) is 17.8. The van der Waals surface area contributed by atoms with Crippen LogP contribution in [0.15, 0.2) is 70.8 Å². The first kappa shape index (κ1) is 16.8. The van der Waals surface area contributed by atoms with Crippen molar-refractivity contribution < 1.29 is 4.79 Å². The standard InChI is InChI=1S/C20H20N4OS/c25-19(23-18-12-14-22-24(18)15-7-4-5-8-15)17-11-6-13-21-20(17)26-16-9-2-1-3-10-16/h1-3,6,9-15H,4-5,7-8H2,(H,23,25). The normalized spacial score (nSPS) is 14.5. The summed E-state index contributed by atoms with van der Waals surface area (Å²) in [5.41, 5.74) is 0.570. The van der Waals surface area contributed by atoms with Gasteiger partial charge >= 0.3 is 0 Å². The predicted molar refractivity (Wildman–Crippen MR) is 102 cm³/mol. The number of anilines is 1. The Morgan fingerprint density at radius 3 is 2.65 bits per heavy atom. The van der Waals surface area contributed by atoms with Crippen LogP contribution in [0.5, 0.6) is 0 Å². The summed E-state index contributed by atoms with van der Waals surface area (Å²) in [5, 5.41) is 8.13. The minimum Gasteiger partial charge on any atom is -0.307 e. The van der Waals surface area contributed by atoms with Gasteiger partial charge in [-0.2, -0.15) is 5.10 Å². The smallest absolute Gasteiger partial charge is 0.259 e. The Bertz CT molecular complexity index is 888. The summed E-state index contributed by atoms with van der Waals surface area (Å²) >= 11 is 1.49. The molecule has 3 aromatic rings. The molecular weight excluding hydrogens is 344 g/mol. The van der Waals surface area contributed by atoms with Gasteiger partial charge in [0.15, 0.2) is 0 Å². The summed E-state index contributed by atoms with van der Waals surface area (Å²) in [6.07, 6.45) is 8.14. The molecule has 0 aliphatic heterocycles. The number of hydrogen-bond acceptors (Lipinski definition) is 4. The summed E-state index contributed by atoms with van der Waals surface area (Å²) in [6, 6.07) is 15.8. The Hall–Kier alpha value is -2.60. The highest BCUT2D eigenvalue weighted by atomic mass is 32.2. The third-order valence-corrected chi connectivity index (χ3v) is 5.58. The van der Waals surface area contributed by atoms with E-state index in [9.17, 15) is 4.79 Å². The van der Waals surface area contributed by atoms with E-state index in [1.54, 1.807) is 18.5 Å². The van der Waals surface area contributed by atoms with Gasteiger partial charge in [0.2, 0.25) is 0 Å². The second-order valence-corrected chi connectivity index (χ2v) is 7.39. The number of carbonyl (C=O) groups is 1. The Kier molecular flexibility index (Phi) is 5.02. The van der Waals surface area contributed by atoms with E-state index in [-0.39, 0.29) is 5.91 Å².